The lowest BCUT2D eigenvalue weighted by Gasteiger charge is -2.28. The summed E-state index contributed by atoms with van der Waals surface area (Å²) in [5.74, 6) is -0.373. The van der Waals surface area contributed by atoms with Crippen LogP contribution in [-0.2, 0) is 9.63 Å². The molecule has 3 rings (SSSR count). The number of carbonyl (C=O) groups is 1. The van der Waals surface area contributed by atoms with Crippen molar-refractivity contribution in [2.24, 2.45) is 5.16 Å². The van der Waals surface area contributed by atoms with Crippen molar-refractivity contribution in [2.75, 3.05) is 18.0 Å². The Morgan fingerprint density at radius 1 is 1.15 bits per heavy atom. The average molecular weight is 270 g/mol. The molecule has 0 spiro atoms. The van der Waals surface area contributed by atoms with Crippen LogP contribution in [0.2, 0.25) is 0 Å². The van der Waals surface area contributed by atoms with Crippen molar-refractivity contribution in [1.29, 1.82) is 0 Å². The zero-order valence-corrected chi connectivity index (χ0v) is 11.6. The second-order valence-electron chi connectivity index (χ2n) is 5.25. The van der Waals surface area contributed by atoms with Gasteiger partial charge in [0.1, 0.15) is 0 Å². The van der Waals surface area contributed by atoms with E-state index < -0.39 is 0 Å². The molecule has 4 nitrogen and oxygen atoms in total. The van der Waals surface area contributed by atoms with Gasteiger partial charge in [0.25, 0.3) is 0 Å². The van der Waals surface area contributed by atoms with E-state index >= 15 is 0 Å². The molecule has 0 bridgehead atoms. The zero-order valence-electron chi connectivity index (χ0n) is 11.6. The van der Waals surface area contributed by atoms with Crippen LogP contribution in [0.15, 0.2) is 35.0 Å². The summed E-state index contributed by atoms with van der Waals surface area (Å²) >= 11 is 0. The van der Waals surface area contributed by atoms with E-state index in [0.29, 0.717) is 11.3 Å². The second-order valence-corrected chi connectivity index (χ2v) is 5.25. The Kier molecular flexibility index (Phi) is 3.54. The number of hydrogen-bond acceptors (Lipinski definition) is 4. The number of piperidine rings is 1. The Morgan fingerprint density at radius 2 is 1.85 bits per heavy atom. The van der Waals surface area contributed by atoms with E-state index in [2.05, 4.69) is 27.0 Å². The van der Waals surface area contributed by atoms with E-state index in [0.717, 1.165) is 18.7 Å². The quantitative estimate of drug-likeness (QED) is 0.613. The van der Waals surface area contributed by atoms with E-state index in [1.165, 1.54) is 24.9 Å². The van der Waals surface area contributed by atoms with E-state index in [4.69, 9.17) is 0 Å². The highest BCUT2D eigenvalue weighted by Crippen LogP contribution is 2.22. The van der Waals surface area contributed by atoms with E-state index in [-0.39, 0.29) is 5.97 Å². The SMILES string of the molecule is CC1=NOC(=O)C1=Cc1ccc(N2CCCCC2)cc1. The predicted molar refractivity (Wildman–Crippen MR) is 79.7 cm³/mol. The molecule has 4 heteroatoms. The molecule has 0 atom stereocenters. The van der Waals surface area contributed by atoms with Crippen molar-refractivity contribution in [3.63, 3.8) is 0 Å². The Bertz CT molecular complexity index is 567. The fraction of sp³-hybridized carbons (Fsp3) is 0.375. The number of rotatable bonds is 2. The first-order chi connectivity index (χ1) is 9.74. The maximum absolute atomic E-state index is 11.5. The predicted octanol–water partition coefficient (Wildman–Crippen LogP) is 2.99. The van der Waals surface area contributed by atoms with Crippen molar-refractivity contribution in [2.45, 2.75) is 26.2 Å². The Hall–Kier alpha value is -2.10. The molecule has 0 N–H and O–H groups in total. The highest BCUT2D eigenvalue weighted by Gasteiger charge is 2.21. The van der Waals surface area contributed by atoms with Gasteiger partial charge >= 0.3 is 5.97 Å². The van der Waals surface area contributed by atoms with Gasteiger partial charge in [-0.3, -0.25) is 0 Å². The monoisotopic (exact) mass is 270 g/mol. The van der Waals surface area contributed by atoms with Gasteiger partial charge < -0.3 is 9.74 Å². The number of benzene rings is 1. The highest BCUT2D eigenvalue weighted by molar-refractivity contribution is 6.24. The lowest BCUT2D eigenvalue weighted by molar-refractivity contribution is -0.136. The largest absolute Gasteiger partial charge is 0.372 e. The van der Waals surface area contributed by atoms with Gasteiger partial charge in [0.15, 0.2) is 0 Å². The van der Waals surface area contributed by atoms with Crippen LogP contribution in [0.5, 0.6) is 0 Å². The van der Waals surface area contributed by atoms with Gasteiger partial charge in [-0.25, -0.2) is 4.79 Å². The minimum atomic E-state index is -0.373. The normalized spacial score (nSPS) is 21.1. The van der Waals surface area contributed by atoms with E-state index in [1.54, 1.807) is 6.92 Å². The van der Waals surface area contributed by atoms with Crippen molar-refractivity contribution in [1.82, 2.24) is 0 Å². The van der Waals surface area contributed by atoms with Crippen molar-refractivity contribution in [3.05, 3.63) is 35.4 Å². The third-order valence-electron chi connectivity index (χ3n) is 3.80. The summed E-state index contributed by atoms with van der Waals surface area (Å²) in [6.45, 7) is 4.05. The Labute approximate surface area is 118 Å². The van der Waals surface area contributed by atoms with E-state index in [9.17, 15) is 4.79 Å². The molecule has 0 aromatic heterocycles. The Morgan fingerprint density at radius 3 is 2.45 bits per heavy atom. The molecule has 1 aromatic rings. The van der Waals surface area contributed by atoms with E-state index in [1.807, 2.05) is 18.2 Å². The molecule has 0 unspecified atom stereocenters. The van der Waals surface area contributed by atoms with Crippen LogP contribution in [0, 0.1) is 0 Å². The van der Waals surface area contributed by atoms with Gasteiger partial charge in [-0.1, -0.05) is 17.3 Å². The van der Waals surface area contributed by atoms with Crippen LogP contribution in [0.4, 0.5) is 5.69 Å². The number of carbonyl (C=O) groups excluding carboxylic acids is 1. The van der Waals surface area contributed by atoms with Gasteiger partial charge in [0.05, 0.1) is 11.3 Å². The zero-order chi connectivity index (χ0) is 13.9. The average Bonchev–Trinajstić information content (AvgIpc) is 2.81. The fourth-order valence-corrected chi connectivity index (χ4v) is 2.62. The van der Waals surface area contributed by atoms with Crippen LogP contribution in [0.1, 0.15) is 31.7 Å². The lowest BCUT2D eigenvalue weighted by Crippen LogP contribution is -2.29. The standard InChI is InChI=1S/C16H18N2O2/c1-12-15(16(19)20-17-12)11-13-5-7-14(8-6-13)18-9-3-2-4-10-18/h5-8,11H,2-4,9-10H2,1H3. The molecule has 0 radical (unpaired) electrons. The van der Waals surface area contributed by atoms with Crippen LogP contribution in [0.3, 0.4) is 0 Å². The van der Waals surface area contributed by atoms with Gasteiger partial charge in [-0.15, -0.1) is 0 Å². The first-order valence-electron chi connectivity index (χ1n) is 7.07. The summed E-state index contributed by atoms with van der Waals surface area (Å²) in [6, 6.07) is 8.31. The minimum Gasteiger partial charge on any atom is -0.372 e. The molecule has 1 saturated heterocycles. The summed E-state index contributed by atoms with van der Waals surface area (Å²) in [6.07, 6.45) is 5.70. The maximum Gasteiger partial charge on any atom is 0.367 e. The maximum atomic E-state index is 11.5. The third kappa shape index (κ3) is 2.59. The first-order valence-corrected chi connectivity index (χ1v) is 7.07. The molecule has 0 amide bonds. The molecule has 2 aliphatic heterocycles. The summed E-state index contributed by atoms with van der Waals surface area (Å²) in [5.41, 5.74) is 3.42. The first kappa shape index (κ1) is 12.9. The molecule has 1 fully saturated rings. The summed E-state index contributed by atoms with van der Waals surface area (Å²) in [4.78, 5) is 18.5. The molecule has 20 heavy (non-hydrogen) atoms. The molecular formula is C16H18N2O2. The topological polar surface area (TPSA) is 41.9 Å². The summed E-state index contributed by atoms with van der Waals surface area (Å²) < 4.78 is 0. The second kappa shape index (κ2) is 5.49. The molecule has 2 aliphatic rings. The summed E-state index contributed by atoms with van der Waals surface area (Å²) in [5, 5.41) is 3.68. The fourth-order valence-electron chi connectivity index (χ4n) is 2.62. The Balaban J connectivity index is 1.78. The molecular weight excluding hydrogens is 252 g/mol. The van der Waals surface area contributed by atoms with Gasteiger partial charge in [-0.2, -0.15) is 0 Å². The smallest absolute Gasteiger partial charge is 0.367 e. The minimum absolute atomic E-state index is 0.373. The van der Waals surface area contributed by atoms with Crippen molar-refractivity contribution < 1.29 is 9.63 Å². The highest BCUT2D eigenvalue weighted by atomic mass is 16.7. The van der Waals surface area contributed by atoms with Crippen LogP contribution in [0.25, 0.3) is 6.08 Å². The third-order valence-corrected chi connectivity index (χ3v) is 3.80. The lowest BCUT2D eigenvalue weighted by atomic mass is 10.1. The van der Waals surface area contributed by atoms with Crippen molar-refractivity contribution in [3.8, 4) is 0 Å². The van der Waals surface area contributed by atoms with Crippen LogP contribution >= 0.6 is 0 Å². The van der Waals surface area contributed by atoms with Gasteiger partial charge in [-0.05, 0) is 50.0 Å². The molecule has 104 valence electrons. The molecule has 1 aromatic carbocycles. The van der Waals surface area contributed by atoms with Crippen LogP contribution in [-0.4, -0.2) is 24.8 Å². The van der Waals surface area contributed by atoms with Crippen molar-refractivity contribution >= 4 is 23.4 Å². The number of nitrogens with zero attached hydrogens (tertiary/aromatic N) is 2. The molecule has 0 saturated carbocycles. The molecule has 2 heterocycles. The number of hydrogen-bond donors (Lipinski definition) is 0. The van der Waals surface area contributed by atoms with Gasteiger partial charge in [0, 0.05) is 18.8 Å². The van der Waals surface area contributed by atoms with Crippen LogP contribution < -0.4 is 4.90 Å². The molecule has 0 aliphatic carbocycles. The summed E-state index contributed by atoms with van der Waals surface area (Å²) in [7, 11) is 0. The van der Waals surface area contributed by atoms with Gasteiger partial charge in [0.2, 0.25) is 0 Å². The number of oxime groups is 1. The number of anilines is 1.